The summed E-state index contributed by atoms with van der Waals surface area (Å²) in [6.07, 6.45) is -1.80. The summed E-state index contributed by atoms with van der Waals surface area (Å²) >= 11 is 1.32. The second kappa shape index (κ2) is 5.85. The van der Waals surface area contributed by atoms with E-state index in [0.717, 1.165) is 10.2 Å². The SMILES string of the molecule is [N-]=[N+]=NCCC(O)C(O)c1ccc2nc(N)sc2c1. The van der Waals surface area contributed by atoms with E-state index in [4.69, 9.17) is 11.3 Å². The van der Waals surface area contributed by atoms with Crippen molar-refractivity contribution in [3.63, 3.8) is 0 Å². The topological polar surface area (TPSA) is 128 Å². The number of nitrogen functional groups attached to an aromatic ring is 1. The van der Waals surface area contributed by atoms with Crippen LogP contribution in [0, 0.1) is 0 Å². The van der Waals surface area contributed by atoms with Gasteiger partial charge in [0.2, 0.25) is 0 Å². The highest BCUT2D eigenvalue weighted by molar-refractivity contribution is 7.22. The van der Waals surface area contributed by atoms with Gasteiger partial charge in [0, 0.05) is 11.5 Å². The minimum Gasteiger partial charge on any atom is -0.390 e. The van der Waals surface area contributed by atoms with Crippen molar-refractivity contribution in [3.8, 4) is 0 Å². The lowest BCUT2D eigenvalue weighted by molar-refractivity contribution is 0.0151. The van der Waals surface area contributed by atoms with Crippen molar-refractivity contribution in [1.82, 2.24) is 4.98 Å². The van der Waals surface area contributed by atoms with Gasteiger partial charge in [-0.1, -0.05) is 22.5 Å². The molecule has 0 spiro atoms. The zero-order valence-corrected chi connectivity index (χ0v) is 10.8. The Morgan fingerprint density at radius 3 is 3.00 bits per heavy atom. The normalized spacial score (nSPS) is 14.0. The highest BCUT2D eigenvalue weighted by Crippen LogP contribution is 2.28. The number of anilines is 1. The fourth-order valence-electron chi connectivity index (χ4n) is 1.76. The number of fused-ring (bicyclic) bond motifs is 1. The Balaban J connectivity index is 2.15. The molecule has 0 aliphatic carbocycles. The first-order valence-electron chi connectivity index (χ1n) is 5.65. The van der Waals surface area contributed by atoms with E-state index in [1.807, 2.05) is 0 Å². The van der Waals surface area contributed by atoms with Gasteiger partial charge in [-0.2, -0.15) is 0 Å². The van der Waals surface area contributed by atoms with Crippen LogP contribution in [0.15, 0.2) is 23.3 Å². The van der Waals surface area contributed by atoms with E-state index >= 15 is 0 Å². The first-order valence-corrected chi connectivity index (χ1v) is 6.46. The summed E-state index contributed by atoms with van der Waals surface area (Å²) in [4.78, 5) is 6.71. The van der Waals surface area contributed by atoms with Crippen LogP contribution in [0.4, 0.5) is 5.13 Å². The van der Waals surface area contributed by atoms with Crippen molar-refractivity contribution in [2.24, 2.45) is 5.11 Å². The van der Waals surface area contributed by atoms with E-state index in [0.29, 0.717) is 10.7 Å². The predicted molar refractivity (Wildman–Crippen MR) is 73.6 cm³/mol. The average molecular weight is 279 g/mol. The van der Waals surface area contributed by atoms with E-state index in [9.17, 15) is 10.2 Å². The number of rotatable bonds is 5. The van der Waals surface area contributed by atoms with Gasteiger partial charge in [-0.15, -0.1) is 0 Å². The third-order valence-electron chi connectivity index (χ3n) is 2.72. The van der Waals surface area contributed by atoms with Crippen molar-refractivity contribution in [1.29, 1.82) is 0 Å². The van der Waals surface area contributed by atoms with Gasteiger partial charge < -0.3 is 15.9 Å². The number of thiazole rings is 1. The summed E-state index contributed by atoms with van der Waals surface area (Å²) in [5.74, 6) is 0. The van der Waals surface area contributed by atoms with Gasteiger partial charge in [0.15, 0.2) is 5.13 Å². The maximum Gasteiger partial charge on any atom is 0.181 e. The molecular formula is C11H13N5O2S. The minimum absolute atomic E-state index is 0.143. The van der Waals surface area contributed by atoms with Crippen LogP contribution >= 0.6 is 11.3 Å². The lowest BCUT2D eigenvalue weighted by Gasteiger charge is -2.17. The zero-order valence-electron chi connectivity index (χ0n) is 9.97. The van der Waals surface area contributed by atoms with E-state index in [-0.39, 0.29) is 13.0 Å². The predicted octanol–water partition coefficient (Wildman–Crippen LogP) is 1.97. The molecule has 1 aromatic heterocycles. The van der Waals surface area contributed by atoms with Gasteiger partial charge in [0.05, 0.1) is 16.3 Å². The standard InChI is InChI=1S/C11H13N5O2S/c12-11-15-7-2-1-6(5-9(7)19-11)10(18)8(17)3-4-14-16-13/h1-2,5,8,10,17-18H,3-4H2,(H2,12,15). The van der Waals surface area contributed by atoms with Gasteiger partial charge in [0.25, 0.3) is 0 Å². The van der Waals surface area contributed by atoms with Crippen LogP contribution in [0.5, 0.6) is 0 Å². The number of aliphatic hydroxyl groups excluding tert-OH is 2. The smallest absolute Gasteiger partial charge is 0.181 e. The summed E-state index contributed by atoms with van der Waals surface area (Å²) < 4.78 is 0.858. The summed E-state index contributed by atoms with van der Waals surface area (Å²) in [6.45, 7) is 0.143. The Labute approximate surface area is 112 Å². The molecule has 0 aliphatic heterocycles. The Kier molecular flexibility index (Phi) is 4.18. The first-order chi connectivity index (χ1) is 9.11. The Morgan fingerprint density at radius 1 is 1.47 bits per heavy atom. The Morgan fingerprint density at radius 2 is 2.26 bits per heavy atom. The number of nitrogens with two attached hydrogens (primary N) is 1. The molecule has 100 valence electrons. The van der Waals surface area contributed by atoms with Gasteiger partial charge in [-0.3, -0.25) is 0 Å². The average Bonchev–Trinajstić information content (AvgIpc) is 2.77. The molecule has 4 N–H and O–H groups in total. The molecule has 7 nitrogen and oxygen atoms in total. The summed E-state index contributed by atoms with van der Waals surface area (Å²) in [7, 11) is 0. The Bertz CT molecular complexity index is 623. The largest absolute Gasteiger partial charge is 0.390 e. The summed E-state index contributed by atoms with van der Waals surface area (Å²) in [5.41, 5.74) is 15.1. The third kappa shape index (κ3) is 3.12. The lowest BCUT2D eigenvalue weighted by atomic mass is 10.0. The maximum atomic E-state index is 10.0. The fraction of sp³-hybridized carbons (Fsp3) is 0.364. The number of aromatic nitrogens is 1. The molecule has 0 amide bonds. The highest BCUT2D eigenvalue weighted by atomic mass is 32.1. The molecule has 2 rings (SSSR count). The van der Waals surface area contributed by atoms with Gasteiger partial charge >= 0.3 is 0 Å². The van der Waals surface area contributed by atoms with Crippen molar-refractivity contribution >= 4 is 26.7 Å². The number of hydrogen-bond donors (Lipinski definition) is 3. The van der Waals surface area contributed by atoms with Crippen molar-refractivity contribution in [3.05, 3.63) is 34.2 Å². The van der Waals surface area contributed by atoms with Crippen LogP contribution in [0.25, 0.3) is 20.7 Å². The summed E-state index contributed by atoms with van der Waals surface area (Å²) in [5, 5.41) is 23.6. The van der Waals surface area contributed by atoms with Crippen LogP contribution in [0.3, 0.4) is 0 Å². The highest BCUT2D eigenvalue weighted by Gasteiger charge is 2.18. The zero-order chi connectivity index (χ0) is 13.8. The molecule has 0 saturated heterocycles. The molecule has 2 aromatic rings. The van der Waals surface area contributed by atoms with Gasteiger partial charge in [-0.05, 0) is 29.6 Å². The second-order valence-electron chi connectivity index (χ2n) is 4.03. The van der Waals surface area contributed by atoms with Crippen LogP contribution < -0.4 is 5.73 Å². The van der Waals surface area contributed by atoms with Crippen LogP contribution in [0.2, 0.25) is 0 Å². The van der Waals surface area contributed by atoms with E-state index in [1.165, 1.54) is 11.3 Å². The molecule has 0 radical (unpaired) electrons. The minimum atomic E-state index is -1.03. The monoisotopic (exact) mass is 279 g/mol. The molecule has 8 heteroatoms. The molecule has 1 heterocycles. The van der Waals surface area contributed by atoms with E-state index in [2.05, 4.69) is 15.0 Å². The maximum absolute atomic E-state index is 10.0. The number of benzene rings is 1. The van der Waals surface area contributed by atoms with E-state index in [1.54, 1.807) is 18.2 Å². The molecule has 0 aliphatic rings. The van der Waals surface area contributed by atoms with E-state index < -0.39 is 12.2 Å². The molecular weight excluding hydrogens is 266 g/mol. The molecule has 0 saturated carbocycles. The van der Waals surface area contributed by atoms with Gasteiger partial charge in [0.1, 0.15) is 6.10 Å². The third-order valence-corrected chi connectivity index (χ3v) is 3.57. The summed E-state index contributed by atoms with van der Waals surface area (Å²) in [6, 6.07) is 5.20. The molecule has 19 heavy (non-hydrogen) atoms. The molecule has 2 atom stereocenters. The van der Waals surface area contributed by atoms with Crippen LogP contribution in [0.1, 0.15) is 18.1 Å². The van der Waals surface area contributed by atoms with Crippen LogP contribution in [-0.2, 0) is 0 Å². The second-order valence-corrected chi connectivity index (χ2v) is 5.10. The number of hydrogen-bond acceptors (Lipinski definition) is 6. The van der Waals surface area contributed by atoms with Gasteiger partial charge in [-0.25, -0.2) is 4.98 Å². The first kappa shape index (κ1) is 13.6. The molecule has 1 aromatic carbocycles. The molecule has 2 unspecified atom stereocenters. The number of azide groups is 1. The van der Waals surface area contributed by atoms with Crippen molar-refractivity contribution < 1.29 is 10.2 Å². The molecule has 0 bridgehead atoms. The number of nitrogens with zero attached hydrogens (tertiary/aromatic N) is 4. The quantitative estimate of drug-likeness (QED) is 0.439. The fourth-order valence-corrected chi connectivity index (χ4v) is 2.54. The lowest BCUT2D eigenvalue weighted by Crippen LogP contribution is -2.19. The van der Waals surface area contributed by atoms with Crippen LogP contribution in [-0.4, -0.2) is 27.8 Å². The van der Waals surface area contributed by atoms with Crippen molar-refractivity contribution in [2.75, 3.05) is 12.3 Å². The molecule has 0 fully saturated rings. The number of aliphatic hydroxyl groups is 2. The van der Waals surface area contributed by atoms with Crippen molar-refractivity contribution in [2.45, 2.75) is 18.6 Å². The Hall–Kier alpha value is -1.86.